The van der Waals surface area contributed by atoms with Crippen LogP contribution in [0.5, 0.6) is 5.75 Å². The van der Waals surface area contributed by atoms with E-state index < -0.39 is 14.1 Å². The van der Waals surface area contributed by atoms with E-state index in [0.29, 0.717) is 37.7 Å². The van der Waals surface area contributed by atoms with Gasteiger partial charge in [-0.05, 0) is 114 Å². The molecular formula is C53H66ClN5O5Si. The van der Waals surface area contributed by atoms with Gasteiger partial charge in [0, 0.05) is 96.3 Å². The van der Waals surface area contributed by atoms with Crippen molar-refractivity contribution in [1.29, 1.82) is 0 Å². The molecule has 0 bridgehead atoms. The van der Waals surface area contributed by atoms with Crippen LogP contribution in [0.1, 0.15) is 71.6 Å². The molecule has 3 amide bonds. The molecule has 4 aromatic rings. The molecule has 4 aliphatic heterocycles. The number of ether oxygens (including phenoxy) is 2. The molecule has 3 saturated heterocycles. The smallest absolute Gasteiger partial charge is 0.255 e. The van der Waals surface area contributed by atoms with Crippen molar-refractivity contribution in [3.05, 3.63) is 130 Å². The SMILES string of the molecule is CC/C(=C(\c1ccc(Cl)cc1)c1ccc(OCCN2CCN(CC3CCN(c4ccc5c(c4)CN(C4CCC(=O)N(COCC[Si](C)(C)C)C4=O)C5=O)CC3)CC2)cc1)c1ccccc1. The Hall–Kier alpha value is -4.78. The molecule has 10 nitrogen and oxygen atoms in total. The number of hydrogen-bond donors (Lipinski definition) is 0. The second-order valence-corrected chi connectivity index (χ2v) is 25.4. The van der Waals surface area contributed by atoms with Crippen LogP contribution in [0.25, 0.3) is 11.1 Å². The van der Waals surface area contributed by atoms with Crippen LogP contribution in [-0.2, 0) is 20.9 Å². The molecule has 4 aliphatic rings. The Balaban J connectivity index is 0.766. The molecule has 1 unspecified atom stereocenters. The summed E-state index contributed by atoms with van der Waals surface area (Å²) >= 11 is 6.28. The third kappa shape index (κ3) is 11.6. The lowest BCUT2D eigenvalue weighted by atomic mass is 9.88. The van der Waals surface area contributed by atoms with E-state index in [0.717, 1.165) is 111 Å². The highest BCUT2D eigenvalue weighted by atomic mass is 35.5. The molecule has 0 N–H and O–H groups in total. The first-order valence-corrected chi connectivity index (χ1v) is 27.9. The number of halogens is 1. The number of anilines is 1. The van der Waals surface area contributed by atoms with E-state index >= 15 is 0 Å². The lowest BCUT2D eigenvalue weighted by Crippen LogP contribution is -2.55. The van der Waals surface area contributed by atoms with Gasteiger partial charge in [0.1, 0.15) is 25.1 Å². The number of piperidine rings is 2. The van der Waals surface area contributed by atoms with Gasteiger partial charge in [-0.1, -0.05) is 92.8 Å². The Labute approximate surface area is 392 Å². The van der Waals surface area contributed by atoms with Crippen LogP contribution >= 0.6 is 11.6 Å². The summed E-state index contributed by atoms with van der Waals surface area (Å²) in [6.07, 6.45) is 3.76. The Morgan fingerprint density at radius 3 is 2.11 bits per heavy atom. The molecule has 8 rings (SSSR count). The van der Waals surface area contributed by atoms with E-state index in [-0.39, 0.29) is 30.9 Å². The number of imide groups is 1. The van der Waals surface area contributed by atoms with Gasteiger partial charge in [-0.15, -0.1) is 0 Å². The van der Waals surface area contributed by atoms with Gasteiger partial charge in [0.25, 0.3) is 11.8 Å². The molecule has 0 aromatic heterocycles. The minimum atomic E-state index is -1.30. The topological polar surface area (TPSA) is 85.9 Å². The molecule has 3 fully saturated rings. The maximum atomic E-state index is 13.6. The highest BCUT2D eigenvalue weighted by molar-refractivity contribution is 6.76. The average molecular weight is 917 g/mol. The summed E-state index contributed by atoms with van der Waals surface area (Å²) in [5.74, 6) is 0.874. The fourth-order valence-corrected chi connectivity index (χ4v) is 10.7. The van der Waals surface area contributed by atoms with Crippen molar-refractivity contribution in [2.75, 3.05) is 77.2 Å². The Morgan fingerprint density at radius 1 is 0.754 bits per heavy atom. The normalized spacial score (nSPS) is 19.5. The van der Waals surface area contributed by atoms with E-state index in [4.69, 9.17) is 21.1 Å². The molecule has 4 heterocycles. The molecule has 0 radical (unpaired) electrons. The summed E-state index contributed by atoms with van der Waals surface area (Å²) in [4.78, 5) is 50.3. The zero-order valence-electron chi connectivity index (χ0n) is 38.8. The zero-order valence-corrected chi connectivity index (χ0v) is 40.5. The summed E-state index contributed by atoms with van der Waals surface area (Å²) in [5.41, 5.74) is 8.81. The third-order valence-corrected chi connectivity index (χ3v) is 15.6. The maximum Gasteiger partial charge on any atom is 0.255 e. The number of carbonyl (C=O) groups is 3. The van der Waals surface area contributed by atoms with Crippen LogP contribution in [0.4, 0.5) is 5.69 Å². The standard InChI is InChI=1S/C53H66ClN5O5Si/c1-5-47(40-9-7-6-8-10-40)51(41-11-15-44(54)16-12-41)42-13-18-46(19-14-42)64-32-31-55-27-29-56(30-28-55)36-39-23-25-57(26-24-39)45-17-20-48-43(35-45)37-58(52(48)61)49-21-22-50(60)59(53(49)62)38-63-33-34-65(2,3)4/h6-20,35,39,49H,5,21-34,36-38H2,1-4H3/b51-47-. The second kappa shape index (κ2) is 21.2. The van der Waals surface area contributed by atoms with Crippen molar-refractivity contribution >= 4 is 54.2 Å². The molecular weight excluding hydrogens is 850 g/mol. The molecule has 0 aliphatic carbocycles. The van der Waals surface area contributed by atoms with E-state index in [1.807, 2.05) is 18.2 Å². The van der Waals surface area contributed by atoms with Crippen LogP contribution in [0.2, 0.25) is 30.7 Å². The van der Waals surface area contributed by atoms with Crippen LogP contribution in [-0.4, -0.2) is 124 Å². The molecule has 12 heteroatoms. The van der Waals surface area contributed by atoms with Gasteiger partial charge in [-0.2, -0.15) is 0 Å². The van der Waals surface area contributed by atoms with Crippen molar-refractivity contribution in [1.82, 2.24) is 19.6 Å². The number of fused-ring (bicyclic) bond motifs is 1. The van der Waals surface area contributed by atoms with Gasteiger partial charge in [0.15, 0.2) is 0 Å². The quantitative estimate of drug-likeness (QED) is 0.0449. The highest BCUT2D eigenvalue weighted by Gasteiger charge is 2.43. The Bertz CT molecular complexity index is 2300. The zero-order chi connectivity index (χ0) is 45.5. The number of carbonyl (C=O) groups excluding carboxylic acids is 3. The first-order valence-electron chi connectivity index (χ1n) is 23.8. The number of amides is 3. The van der Waals surface area contributed by atoms with E-state index in [2.05, 4.69) is 120 Å². The summed E-state index contributed by atoms with van der Waals surface area (Å²) in [7, 11) is -1.30. The van der Waals surface area contributed by atoms with Crippen LogP contribution in [0.15, 0.2) is 97.1 Å². The van der Waals surface area contributed by atoms with Crippen molar-refractivity contribution in [2.45, 2.75) is 77.3 Å². The van der Waals surface area contributed by atoms with Crippen molar-refractivity contribution in [2.24, 2.45) is 5.92 Å². The molecule has 0 spiro atoms. The second-order valence-electron chi connectivity index (χ2n) is 19.4. The number of piperazine rings is 1. The number of nitrogens with zero attached hydrogens (tertiary/aromatic N) is 5. The monoisotopic (exact) mass is 915 g/mol. The summed E-state index contributed by atoms with van der Waals surface area (Å²) in [5, 5.41) is 0.732. The van der Waals surface area contributed by atoms with Gasteiger partial charge in [0.2, 0.25) is 5.91 Å². The molecule has 4 aromatic carbocycles. The number of likely N-dealkylation sites (tertiary alicyclic amines) is 1. The number of hydrogen-bond acceptors (Lipinski definition) is 8. The molecule has 65 heavy (non-hydrogen) atoms. The van der Waals surface area contributed by atoms with Crippen molar-refractivity contribution < 1.29 is 23.9 Å². The largest absolute Gasteiger partial charge is 0.492 e. The van der Waals surface area contributed by atoms with Crippen LogP contribution < -0.4 is 9.64 Å². The predicted molar refractivity (Wildman–Crippen MR) is 264 cm³/mol. The number of allylic oxidation sites excluding steroid dienone is 1. The number of rotatable bonds is 17. The predicted octanol–water partition coefficient (Wildman–Crippen LogP) is 9.41. The van der Waals surface area contributed by atoms with Crippen LogP contribution in [0, 0.1) is 5.92 Å². The van der Waals surface area contributed by atoms with Gasteiger partial charge in [-0.3, -0.25) is 24.2 Å². The first kappa shape index (κ1) is 46.7. The first-order chi connectivity index (χ1) is 31.4. The fraction of sp³-hybridized carbons (Fsp3) is 0.453. The number of benzene rings is 4. The summed E-state index contributed by atoms with van der Waals surface area (Å²) in [6, 6.07) is 33.8. The lowest BCUT2D eigenvalue weighted by Gasteiger charge is -2.39. The Kier molecular flexibility index (Phi) is 15.3. The maximum absolute atomic E-state index is 13.6. The lowest BCUT2D eigenvalue weighted by molar-refractivity contribution is -0.158. The fourth-order valence-electron chi connectivity index (χ4n) is 9.80. The van der Waals surface area contributed by atoms with Crippen molar-refractivity contribution in [3.63, 3.8) is 0 Å². The summed E-state index contributed by atoms with van der Waals surface area (Å²) < 4.78 is 12.1. The molecule has 344 valence electrons. The summed E-state index contributed by atoms with van der Waals surface area (Å²) in [6.45, 7) is 18.8. The van der Waals surface area contributed by atoms with Crippen LogP contribution in [0.3, 0.4) is 0 Å². The minimum Gasteiger partial charge on any atom is -0.492 e. The Morgan fingerprint density at radius 2 is 1.43 bits per heavy atom. The van der Waals surface area contributed by atoms with Gasteiger partial charge in [-0.25, -0.2) is 0 Å². The molecule has 1 atom stereocenters. The van der Waals surface area contributed by atoms with Gasteiger partial charge >= 0.3 is 0 Å². The average Bonchev–Trinajstić information content (AvgIpc) is 3.64. The highest BCUT2D eigenvalue weighted by Crippen LogP contribution is 2.36. The van der Waals surface area contributed by atoms with Gasteiger partial charge < -0.3 is 24.2 Å². The van der Waals surface area contributed by atoms with E-state index in [1.54, 1.807) is 4.90 Å². The van der Waals surface area contributed by atoms with Crippen molar-refractivity contribution in [3.8, 4) is 5.75 Å². The third-order valence-electron chi connectivity index (χ3n) is 13.7. The van der Waals surface area contributed by atoms with E-state index in [1.165, 1.54) is 21.6 Å². The van der Waals surface area contributed by atoms with E-state index in [9.17, 15) is 14.4 Å². The minimum absolute atomic E-state index is 0.0423. The molecule has 0 saturated carbocycles. The van der Waals surface area contributed by atoms with Gasteiger partial charge in [0.05, 0.1) is 0 Å².